The SMILES string of the molecule is O=C(Nc1ccc(OC(F)F)c(Cl)c1)N1CCN(C(=O)[C@H]2CCCO2)CC1. The van der Waals surface area contributed by atoms with Gasteiger partial charge in [-0.05, 0) is 31.0 Å². The lowest BCUT2D eigenvalue weighted by molar-refractivity contribution is -0.142. The topological polar surface area (TPSA) is 71.1 Å². The average Bonchev–Trinajstić information content (AvgIpc) is 3.18. The fourth-order valence-corrected chi connectivity index (χ4v) is 3.30. The molecule has 0 spiro atoms. The molecule has 0 bridgehead atoms. The lowest BCUT2D eigenvalue weighted by atomic mass is 10.2. The Hall–Kier alpha value is -2.13. The van der Waals surface area contributed by atoms with Gasteiger partial charge < -0.3 is 24.6 Å². The number of piperazine rings is 1. The van der Waals surface area contributed by atoms with E-state index in [-0.39, 0.29) is 28.8 Å². The number of anilines is 1. The van der Waals surface area contributed by atoms with Gasteiger partial charge in [0.2, 0.25) is 0 Å². The third kappa shape index (κ3) is 4.98. The number of alkyl halides is 2. The number of nitrogens with one attached hydrogen (secondary N) is 1. The number of carbonyl (C=O) groups excluding carboxylic acids is 2. The van der Waals surface area contributed by atoms with E-state index in [4.69, 9.17) is 16.3 Å². The Kier molecular flexibility index (Phi) is 6.33. The number of nitrogens with zero attached hydrogens (tertiary/aromatic N) is 2. The number of urea groups is 1. The maximum absolute atomic E-state index is 12.4. The Bertz CT molecular complexity index is 693. The highest BCUT2D eigenvalue weighted by Gasteiger charge is 2.31. The van der Waals surface area contributed by atoms with Gasteiger partial charge in [0, 0.05) is 38.5 Å². The van der Waals surface area contributed by atoms with E-state index < -0.39 is 6.61 Å². The van der Waals surface area contributed by atoms with Crippen LogP contribution >= 0.6 is 11.6 Å². The van der Waals surface area contributed by atoms with Crippen LogP contribution in [0.2, 0.25) is 5.02 Å². The van der Waals surface area contributed by atoms with Gasteiger partial charge in [0.1, 0.15) is 11.9 Å². The summed E-state index contributed by atoms with van der Waals surface area (Å²) in [6.07, 6.45) is 1.27. The first-order valence-electron chi connectivity index (χ1n) is 8.64. The number of hydrogen-bond acceptors (Lipinski definition) is 4. The molecule has 2 aliphatic rings. The van der Waals surface area contributed by atoms with Gasteiger partial charge in [-0.25, -0.2) is 4.79 Å². The highest BCUT2D eigenvalue weighted by molar-refractivity contribution is 6.32. The van der Waals surface area contributed by atoms with Gasteiger partial charge in [0.25, 0.3) is 5.91 Å². The van der Waals surface area contributed by atoms with Gasteiger partial charge in [0.15, 0.2) is 0 Å². The van der Waals surface area contributed by atoms with Crippen LogP contribution < -0.4 is 10.1 Å². The second kappa shape index (κ2) is 8.71. The normalized spacial score (nSPS) is 20.1. The quantitative estimate of drug-likeness (QED) is 0.839. The van der Waals surface area contributed by atoms with Crippen LogP contribution in [-0.2, 0) is 9.53 Å². The molecule has 0 aromatic heterocycles. The molecule has 0 aliphatic carbocycles. The van der Waals surface area contributed by atoms with Crippen molar-refractivity contribution < 1.29 is 27.8 Å². The molecule has 0 radical (unpaired) electrons. The van der Waals surface area contributed by atoms with Crippen molar-refractivity contribution in [2.24, 2.45) is 0 Å². The standard InChI is InChI=1S/C17H20ClF2N3O4/c18-12-10-11(3-4-13(12)27-16(19)20)21-17(25)23-7-5-22(6-8-23)15(24)14-2-1-9-26-14/h3-4,10,14,16H,1-2,5-9H2,(H,21,25)/t14-/m1/s1. The molecular formula is C17H20ClF2N3O4. The number of benzene rings is 1. The van der Waals surface area contributed by atoms with Gasteiger partial charge in [-0.1, -0.05) is 11.6 Å². The molecule has 0 saturated carbocycles. The number of rotatable bonds is 4. The number of amides is 3. The van der Waals surface area contributed by atoms with E-state index in [1.807, 2.05) is 0 Å². The molecule has 7 nitrogen and oxygen atoms in total. The number of ether oxygens (including phenoxy) is 2. The summed E-state index contributed by atoms with van der Waals surface area (Å²) in [5, 5.41) is 2.64. The summed E-state index contributed by atoms with van der Waals surface area (Å²) < 4.78 is 34.2. The maximum atomic E-state index is 12.4. The summed E-state index contributed by atoms with van der Waals surface area (Å²) in [5.74, 6) is -0.181. The molecule has 1 atom stereocenters. The van der Waals surface area contributed by atoms with Crippen LogP contribution in [0, 0.1) is 0 Å². The van der Waals surface area contributed by atoms with E-state index in [1.165, 1.54) is 18.2 Å². The summed E-state index contributed by atoms with van der Waals surface area (Å²) >= 11 is 5.88. The molecular weight excluding hydrogens is 384 g/mol. The van der Waals surface area contributed by atoms with Crippen LogP contribution in [0.5, 0.6) is 5.75 Å². The first-order valence-corrected chi connectivity index (χ1v) is 9.02. The van der Waals surface area contributed by atoms with Crippen LogP contribution in [0.4, 0.5) is 19.3 Å². The van der Waals surface area contributed by atoms with Gasteiger partial charge in [-0.2, -0.15) is 8.78 Å². The second-order valence-corrected chi connectivity index (χ2v) is 6.68. The van der Waals surface area contributed by atoms with Crippen molar-refractivity contribution in [3.05, 3.63) is 23.2 Å². The minimum Gasteiger partial charge on any atom is -0.433 e. The molecule has 3 amide bonds. The lowest BCUT2D eigenvalue weighted by Gasteiger charge is -2.35. The van der Waals surface area contributed by atoms with Crippen molar-refractivity contribution in [1.29, 1.82) is 0 Å². The molecule has 2 saturated heterocycles. The molecule has 3 rings (SSSR count). The van der Waals surface area contributed by atoms with Crippen LogP contribution in [0.1, 0.15) is 12.8 Å². The second-order valence-electron chi connectivity index (χ2n) is 6.27. The van der Waals surface area contributed by atoms with Crippen molar-refractivity contribution in [2.75, 3.05) is 38.1 Å². The smallest absolute Gasteiger partial charge is 0.387 e. The number of carbonyl (C=O) groups is 2. The third-order valence-electron chi connectivity index (χ3n) is 4.48. The Morgan fingerprint density at radius 2 is 1.93 bits per heavy atom. The fourth-order valence-electron chi connectivity index (χ4n) is 3.08. The molecule has 148 valence electrons. The molecule has 0 unspecified atom stereocenters. The van der Waals surface area contributed by atoms with E-state index in [0.29, 0.717) is 38.5 Å². The monoisotopic (exact) mass is 403 g/mol. The summed E-state index contributed by atoms with van der Waals surface area (Å²) in [5.41, 5.74) is 0.365. The molecule has 1 N–H and O–H groups in total. The molecule has 10 heteroatoms. The van der Waals surface area contributed by atoms with E-state index >= 15 is 0 Å². The van der Waals surface area contributed by atoms with Crippen molar-refractivity contribution in [2.45, 2.75) is 25.6 Å². The molecule has 27 heavy (non-hydrogen) atoms. The zero-order valence-corrected chi connectivity index (χ0v) is 15.3. The van der Waals surface area contributed by atoms with Crippen LogP contribution in [-0.4, -0.2) is 67.2 Å². The maximum Gasteiger partial charge on any atom is 0.387 e. The van der Waals surface area contributed by atoms with Gasteiger partial charge in [-0.15, -0.1) is 0 Å². The zero-order valence-electron chi connectivity index (χ0n) is 14.5. The highest BCUT2D eigenvalue weighted by atomic mass is 35.5. The first kappa shape index (κ1) is 19.6. The summed E-state index contributed by atoms with van der Waals surface area (Å²) in [6.45, 7) is -0.698. The first-order chi connectivity index (χ1) is 12.9. The Balaban J connectivity index is 1.50. The lowest BCUT2D eigenvalue weighted by Crippen LogP contribution is -2.53. The summed E-state index contributed by atoms with van der Waals surface area (Å²) in [7, 11) is 0. The summed E-state index contributed by atoms with van der Waals surface area (Å²) in [4.78, 5) is 28.0. The Labute approximate surface area is 160 Å². The van der Waals surface area contributed by atoms with Crippen molar-refractivity contribution >= 4 is 29.2 Å². The minimum absolute atomic E-state index is 0.0195. The van der Waals surface area contributed by atoms with E-state index in [2.05, 4.69) is 10.1 Å². The molecule has 2 fully saturated rings. The molecule has 1 aromatic carbocycles. The third-order valence-corrected chi connectivity index (χ3v) is 4.78. The van der Waals surface area contributed by atoms with Crippen molar-refractivity contribution in [3.8, 4) is 5.75 Å². The number of halogens is 3. The molecule has 2 heterocycles. The predicted octanol–water partition coefficient (Wildman–Crippen LogP) is 2.80. The average molecular weight is 404 g/mol. The predicted molar refractivity (Wildman–Crippen MR) is 94.2 cm³/mol. The van der Waals surface area contributed by atoms with Gasteiger partial charge in [0.05, 0.1) is 5.02 Å². The van der Waals surface area contributed by atoms with E-state index in [0.717, 1.165) is 12.8 Å². The van der Waals surface area contributed by atoms with Crippen molar-refractivity contribution in [1.82, 2.24) is 9.80 Å². The Morgan fingerprint density at radius 3 is 2.52 bits per heavy atom. The van der Waals surface area contributed by atoms with E-state index in [1.54, 1.807) is 9.80 Å². The minimum atomic E-state index is -2.98. The zero-order chi connectivity index (χ0) is 19.4. The van der Waals surface area contributed by atoms with Crippen molar-refractivity contribution in [3.63, 3.8) is 0 Å². The molecule has 2 aliphatic heterocycles. The van der Waals surface area contributed by atoms with Crippen LogP contribution in [0.25, 0.3) is 0 Å². The van der Waals surface area contributed by atoms with Gasteiger partial charge in [-0.3, -0.25) is 4.79 Å². The fraction of sp³-hybridized carbons (Fsp3) is 0.529. The largest absolute Gasteiger partial charge is 0.433 e. The Morgan fingerprint density at radius 1 is 1.22 bits per heavy atom. The molecule has 1 aromatic rings. The van der Waals surface area contributed by atoms with Crippen LogP contribution in [0.3, 0.4) is 0 Å². The number of hydrogen-bond donors (Lipinski definition) is 1. The van der Waals surface area contributed by atoms with E-state index in [9.17, 15) is 18.4 Å². The highest BCUT2D eigenvalue weighted by Crippen LogP contribution is 2.29. The van der Waals surface area contributed by atoms with Gasteiger partial charge >= 0.3 is 12.6 Å². The summed E-state index contributed by atoms with van der Waals surface area (Å²) in [6, 6.07) is 3.69. The van der Waals surface area contributed by atoms with Crippen LogP contribution in [0.15, 0.2) is 18.2 Å².